The van der Waals surface area contributed by atoms with E-state index in [1.807, 2.05) is 37.3 Å². The fraction of sp³-hybridized carbons (Fsp3) is 0.417. The summed E-state index contributed by atoms with van der Waals surface area (Å²) in [5.74, 6) is -0.723. The minimum absolute atomic E-state index is 0.0564. The zero-order valence-electron chi connectivity index (χ0n) is 20.5. The molecule has 0 aliphatic carbocycles. The molecule has 12 nitrogen and oxygen atoms in total. The van der Waals surface area contributed by atoms with Crippen LogP contribution in [0.15, 0.2) is 35.3 Å². The highest BCUT2D eigenvalue weighted by Gasteiger charge is 2.40. The number of carbonyl (C=O) groups excluding carboxylic acids is 3. The van der Waals surface area contributed by atoms with Gasteiger partial charge in [-0.15, -0.1) is 0 Å². The summed E-state index contributed by atoms with van der Waals surface area (Å²) in [7, 11) is 0. The van der Waals surface area contributed by atoms with Gasteiger partial charge in [0, 0.05) is 25.9 Å². The van der Waals surface area contributed by atoms with Gasteiger partial charge in [0.05, 0.1) is 18.1 Å². The van der Waals surface area contributed by atoms with E-state index in [2.05, 4.69) is 30.9 Å². The van der Waals surface area contributed by atoms with Crippen LogP contribution < -0.4 is 27.4 Å². The van der Waals surface area contributed by atoms with Crippen molar-refractivity contribution in [2.75, 3.05) is 31.1 Å². The average molecular weight is 528 g/mol. The van der Waals surface area contributed by atoms with Crippen LogP contribution in [-0.2, 0) is 9.59 Å². The van der Waals surface area contributed by atoms with Crippen molar-refractivity contribution in [3.8, 4) is 0 Å². The molecule has 1 aromatic carbocycles. The third-order valence-corrected chi connectivity index (χ3v) is 6.87. The van der Waals surface area contributed by atoms with Crippen molar-refractivity contribution in [3.05, 3.63) is 46.7 Å². The largest absolute Gasteiger partial charge is 0.382 e. The summed E-state index contributed by atoms with van der Waals surface area (Å²) in [5.41, 5.74) is 11.8. The van der Waals surface area contributed by atoms with Crippen LogP contribution in [0.5, 0.6) is 0 Å². The second-order valence-corrected chi connectivity index (χ2v) is 9.60. The van der Waals surface area contributed by atoms with Crippen molar-refractivity contribution in [3.63, 3.8) is 0 Å². The van der Waals surface area contributed by atoms with E-state index in [4.69, 9.17) is 23.1 Å². The Morgan fingerprint density at radius 2 is 1.81 bits per heavy atom. The molecule has 1 unspecified atom stereocenters. The maximum absolute atomic E-state index is 12.7. The second kappa shape index (κ2) is 11.0. The fourth-order valence-corrected chi connectivity index (χ4v) is 4.52. The van der Waals surface area contributed by atoms with Crippen molar-refractivity contribution in [2.45, 2.75) is 44.2 Å². The third kappa shape index (κ3) is 6.26. The van der Waals surface area contributed by atoms with E-state index in [-0.39, 0.29) is 58.7 Å². The van der Waals surface area contributed by atoms with Crippen molar-refractivity contribution >= 4 is 46.9 Å². The third-order valence-electron chi connectivity index (χ3n) is 6.59. The lowest BCUT2D eigenvalue weighted by molar-refractivity contribution is -0.135. The average Bonchev–Trinajstić information content (AvgIpc) is 3.27. The van der Waals surface area contributed by atoms with E-state index < -0.39 is 5.91 Å². The highest BCUT2D eigenvalue weighted by molar-refractivity contribution is 6.31. The zero-order valence-corrected chi connectivity index (χ0v) is 21.2. The Labute approximate surface area is 219 Å². The zero-order chi connectivity index (χ0) is 26.6. The van der Waals surface area contributed by atoms with Crippen LogP contribution in [0.25, 0.3) is 0 Å². The van der Waals surface area contributed by atoms with E-state index in [0.717, 1.165) is 5.56 Å². The molecule has 3 amide bonds. The first-order chi connectivity index (χ1) is 17.7. The summed E-state index contributed by atoms with van der Waals surface area (Å²) >= 11 is 5.86. The predicted octanol–water partition coefficient (Wildman–Crippen LogP) is 1.00. The van der Waals surface area contributed by atoms with Gasteiger partial charge in [-0.05, 0) is 25.3 Å². The number of halogens is 1. The van der Waals surface area contributed by atoms with Crippen LogP contribution in [0.1, 0.15) is 54.7 Å². The standard InChI is InChI=1S/C24H30ClN9O3/c1-14(15-5-3-2-4-6-15)29-16(35)7-8-17(36)34-11-9-24(10-12-34)13-28-23(33-24)32-22(37)18-20(26)31-21(27)19(25)30-18/h2-6,14H,7-13H2,1H3,(H,29,35)(H4,26,27,31)(H2,28,32,33,37). The SMILES string of the molecule is CC(NC(=O)CCC(=O)N1CCC2(CC1)CN=C(NC(=O)c1nc(Cl)c(N)nc1N)N2)c1ccccc1. The number of aromatic nitrogens is 2. The van der Waals surface area contributed by atoms with Crippen LogP contribution in [0, 0.1) is 0 Å². The summed E-state index contributed by atoms with van der Waals surface area (Å²) in [6.07, 6.45) is 1.58. The number of carbonyl (C=O) groups is 3. The molecule has 1 aromatic heterocycles. The number of benzene rings is 1. The Bertz CT molecular complexity index is 1210. The number of amides is 3. The molecule has 1 fully saturated rings. The topological polar surface area (TPSA) is 181 Å². The highest BCUT2D eigenvalue weighted by atomic mass is 35.5. The molecule has 2 aliphatic heterocycles. The molecule has 1 atom stereocenters. The molecular formula is C24H30ClN9O3. The fourth-order valence-electron chi connectivity index (χ4n) is 4.39. The molecule has 7 N–H and O–H groups in total. The number of likely N-dealkylation sites (tertiary alicyclic amines) is 1. The number of aliphatic imine (C=N–C) groups is 1. The van der Waals surface area contributed by atoms with Crippen LogP contribution in [0.2, 0.25) is 5.15 Å². The summed E-state index contributed by atoms with van der Waals surface area (Å²) in [5, 5.41) is 8.73. The normalized spacial score (nSPS) is 17.0. The monoisotopic (exact) mass is 527 g/mol. The molecule has 3 heterocycles. The number of hydrogen-bond acceptors (Lipinski definition) is 9. The van der Waals surface area contributed by atoms with Crippen molar-refractivity contribution in [1.82, 2.24) is 30.8 Å². The smallest absolute Gasteiger partial charge is 0.280 e. The number of hydrogen-bond donors (Lipinski definition) is 5. The maximum atomic E-state index is 12.7. The van der Waals surface area contributed by atoms with Crippen LogP contribution in [0.3, 0.4) is 0 Å². The van der Waals surface area contributed by atoms with Gasteiger partial charge in [0.25, 0.3) is 5.91 Å². The molecule has 13 heteroatoms. The van der Waals surface area contributed by atoms with E-state index in [9.17, 15) is 14.4 Å². The maximum Gasteiger partial charge on any atom is 0.280 e. The second-order valence-electron chi connectivity index (χ2n) is 9.24. The number of rotatable bonds is 6. The minimum Gasteiger partial charge on any atom is -0.382 e. The van der Waals surface area contributed by atoms with Gasteiger partial charge in [-0.25, -0.2) is 9.97 Å². The van der Waals surface area contributed by atoms with E-state index in [1.165, 1.54) is 0 Å². The van der Waals surface area contributed by atoms with Gasteiger partial charge in [0.15, 0.2) is 28.4 Å². The number of nitrogen functional groups attached to an aromatic ring is 2. The lowest BCUT2D eigenvalue weighted by atomic mass is 9.88. The molecule has 0 bridgehead atoms. The summed E-state index contributed by atoms with van der Waals surface area (Å²) in [6, 6.07) is 9.55. The van der Waals surface area contributed by atoms with Gasteiger partial charge < -0.3 is 27.0 Å². The van der Waals surface area contributed by atoms with Crippen LogP contribution in [-0.4, -0.2) is 63.7 Å². The minimum atomic E-state index is -0.609. The van der Waals surface area contributed by atoms with Crippen LogP contribution >= 0.6 is 11.6 Å². The predicted molar refractivity (Wildman–Crippen MR) is 140 cm³/mol. The molecule has 1 saturated heterocycles. The number of nitrogens with one attached hydrogen (secondary N) is 3. The summed E-state index contributed by atoms with van der Waals surface area (Å²) < 4.78 is 0. The molecule has 37 heavy (non-hydrogen) atoms. The number of piperidine rings is 1. The van der Waals surface area contributed by atoms with E-state index in [0.29, 0.717) is 38.4 Å². The number of nitrogens with two attached hydrogens (primary N) is 2. The van der Waals surface area contributed by atoms with Gasteiger partial charge in [0.1, 0.15) is 0 Å². The van der Waals surface area contributed by atoms with Crippen molar-refractivity contribution in [2.24, 2.45) is 4.99 Å². The van der Waals surface area contributed by atoms with E-state index >= 15 is 0 Å². The Morgan fingerprint density at radius 1 is 1.11 bits per heavy atom. The molecule has 4 rings (SSSR count). The Hall–Kier alpha value is -3.93. The molecule has 1 spiro atoms. The number of guanidine groups is 1. The number of anilines is 2. The Balaban J connectivity index is 1.21. The molecular weight excluding hydrogens is 498 g/mol. The number of nitrogens with zero attached hydrogens (tertiary/aromatic N) is 4. The van der Waals surface area contributed by atoms with Gasteiger partial charge in [-0.1, -0.05) is 41.9 Å². The molecule has 2 aromatic rings. The van der Waals surface area contributed by atoms with E-state index in [1.54, 1.807) is 4.90 Å². The summed E-state index contributed by atoms with van der Waals surface area (Å²) in [4.78, 5) is 51.5. The van der Waals surface area contributed by atoms with Crippen LogP contribution in [0.4, 0.5) is 11.6 Å². The Morgan fingerprint density at radius 3 is 2.51 bits per heavy atom. The highest BCUT2D eigenvalue weighted by Crippen LogP contribution is 2.26. The van der Waals surface area contributed by atoms with Gasteiger partial charge in [0.2, 0.25) is 11.8 Å². The van der Waals surface area contributed by atoms with Crippen molar-refractivity contribution in [1.29, 1.82) is 0 Å². The van der Waals surface area contributed by atoms with Gasteiger partial charge in [-0.2, -0.15) is 0 Å². The first kappa shape index (κ1) is 26.1. The molecule has 0 saturated carbocycles. The van der Waals surface area contributed by atoms with Gasteiger partial charge in [-0.3, -0.25) is 24.7 Å². The first-order valence-electron chi connectivity index (χ1n) is 12.0. The summed E-state index contributed by atoms with van der Waals surface area (Å²) in [6.45, 7) is 3.42. The van der Waals surface area contributed by atoms with Crippen molar-refractivity contribution < 1.29 is 14.4 Å². The quantitative estimate of drug-likeness (QED) is 0.368. The Kier molecular flexibility index (Phi) is 7.77. The molecule has 2 aliphatic rings. The molecule has 196 valence electrons. The lowest BCUT2D eigenvalue weighted by Crippen LogP contribution is -2.57. The lowest BCUT2D eigenvalue weighted by Gasteiger charge is -2.39. The first-order valence-corrected chi connectivity index (χ1v) is 12.4. The van der Waals surface area contributed by atoms with Gasteiger partial charge >= 0.3 is 0 Å². The molecule has 0 radical (unpaired) electrons.